The molecule has 5 aliphatic carbocycles. The van der Waals surface area contributed by atoms with E-state index in [1.54, 1.807) is 0 Å². The summed E-state index contributed by atoms with van der Waals surface area (Å²) in [6.45, 7) is 19.9. The molecule has 234 valence electrons. The summed E-state index contributed by atoms with van der Waals surface area (Å²) in [6, 6.07) is 0. The molecule has 5 heteroatoms. The molecule has 5 rings (SSSR count). The molecule has 0 bridgehead atoms. The Morgan fingerprint density at radius 3 is 2.36 bits per heavy atom. The maximum atomic E-state index is 12.8. The maximum absolute atomic E-state index is 12.8. The average Bonchev–Trinajstić information content (AvgIpc) is 3.32. The predicted molar refractivity (Wildman–Crippen MR) is 167 cm³/mol. The van der Waals surface area contributed by atoms with E-state index in [2.05, 4.69) is 59.4 Å². The van der Waals surface area contributed by atoms with Gasteiger partial charge in [0, 0.05) is 11.8 Å². The highest BCUT2D eigenvalue weighted by Crippen LogP contribution is 2.77. The molecule has 5 saturated carbocycles. The van der Waals surface area contributed by atoms with Crippen LogP contribution in [0.15, 0.2) is 12.2 Å². The van der Waals surface area contributed by atoms with E-state index >= 15 is 0 Å². The van der Waals surface area contributed by atoms with Crippen LogP contribution in [0.5, 0.6) is 0 Å². The summed E-state index contributed by atoms with van der Waals surface area (Å²) < 4.78 is 6.02. The minimum absolute atomic E-state index is 0.00355. The van der Waals surface area contributed by atoms with Crippen molar-refractivity contribution in [1.82, 2.24) is 5.32 Å². The molecular weight excluding hydrogens is 522 g/mol. The molecular formula is C37H57NO4. The van der Waals surface area contributed by atoms with E-state index in [-0.39, 0.29) is 64.4 Å². The van der Waals surface area contributed by atoms with Crippen LogP contribution in [0.25, 0.3) is 0 Å². The zero-order valence-corrected chi connectivity index (χ0v) is 27.3. The van der Waals surface area contributed by atoms with Crippen molar-refractivity contribution < 1.29 is 19.4 Å². The number of aliphatic hydroxyl groups is 1. The Morgan fingerprint density at radius 1 is 0.929 bits per heavy atom. The quantitative estimate of drug-likeness (QED) is 0.192. The third-order valence-electron chi connectivity index (χ3n) is 14.7. The van der Waals surface area contributed by atoms with Gasteiger partial charge in [-0.05, 0) is 122 Å². The number of carbonyl (C=O) groups excluding carboxylic acids is 2. The summed E-state index contributed by atoms with van der Waals surface area (Å²) >= 11 is 0. The van der Waals surface area contributed by atoms with E-state index in [1.807, 2.05) is 0 Å². The fraction of sp³-hybridized carbons (Fsp3) is 0.838. The summed E-state index contributed by atoms with van der Waals surface area (Å²) in [5.41, 5.74) is 2.01. The standard InChI is InChI=1S/C37H57NO4/c1-9-22-38-30(40)12-13-31(41)42-23-37-19-14-25(24(2)3)32(37)26-10-11-28-34(6)17-16-29(39)33(4,5)27(34)15-18-36(28,8)35(26,7)20-21-37/h1,25-29,32,39H,2,10-23H2,3-8H3,(H,38,40)/t25-,26+,27-,28+,29-,32+,34-,35+,36+,37+/m0/s1. The van der Waals surface area contributed by atoms with Crippen LogP contribution < -0.4 is 5.32 Å². The minimum atomic E-state index is -0.282. The lowest BCUT2D eigenvalue weighted by atomic mass is 9.32. The van der Waals surface area contributed by atoms with Crippen molar-refractivity contribution in [1.29, 1.82) is 0 Å². The summed E-state index contributed by atoms with van der Waals surface area (Å²) in [4.78, 5) is 24.8. The maximum Gasteiger partial charge on any atom is 0.306 e. The molecule has 0 saturated heterocycles. The Morgan fingerprint density at radius 2 is 1.67 bits per heavy atom. The SMILES string of the molecule is C#CCNC(=O)CCC(=O)OC[C@]12CC[C@@H](C(=C)C)[C@@H]1[C@H]1CC[C@@H]3[C@@]4(C)CC[C@H](O)C(C)(C)[C@@H]4CC[C@@]3(C)[C@]1(C)CC2. The van der Waals surface area contributed by atoms with Gasteiger partial charge in [0.1, 0.15) is 0 Å². The van der Waals surface area contributed by atoms with Crippen molar-refractivity contribution in [3.05, 3.63) is 12.2 Å². The number of esters is 1. The number of nitrogens with one attached hydrogen (secondary N) is 1. The van der Waals surface area contributed by atoms with Crippen LogP contribution in [-0.4, -0.2) is 36.2 Å². The van der Waals surface area contributed by atoms with Gasteiger partial charge in [-0.1, -0.05) is 52.7 Å². The van der Waals surface area contributed by atoms with Crippen molar-refractivity contribution >= 4 is 11.9 Å². The number of terminal acetylenes is 1. The lowest BCUT2D eigenvalue weighted by molar-refractivity contribution is -0.250. The highest BCUT2D eigenvalue weighted by molar-refractivity contribution is 5.81. The lowest BCUT2D eigenvalue weighted by Gasteiger charge is -2.73. The lowest BCUT2D eigenvalue weighted by Crippen LogP contribution is -2.66. The Kier molecular flexibility index (Phi) is 8.26. The highest BCUT2D eigenvalue weighted by atomic mass is 16.5. The smallest absolute Gasteiger partial charge is 0.306 e. The molecule has 2 N–H and O–H groups in total. The van der Waals surface area contributed by atoms with E-state index in [9.17, 15) is 14.7 Å². The number of carbonyl (C=O) groups is 2. The number of ether oxygens (including phenoxy) is 1. The van der Waals surface area contributed by atoms with E-state index in [0.29, 0.717) is 36.2 Å². The van der Waals surface area contributed by atoms with E-state index in [0.717, 1.165) is 32.1 Å². The van der Waals surface area contributed by atoms with Crippen LogP contribution in [0.4, 0.5) is 0 Å². The van der Waals surface area contributed by atoms with Gasteiger partial charge in [0.25, 0.3) is 0 Å². The zero-order chi connectivity index (χ0) is 30.7. The van der Waals surface area contributed by atoms with E-state index in [1.165, 1.54) is 37.7 Å². The van der Waals surface area contributed by atoms with Crippen LogP contribution in [0.1, 0.15) is 119 Å². The van der Waals surface area contributed by atoms with Gasteiger partial charge in [-0.25, -0.2) is 0 Å². The van der Waals surface area contributed by atoms with Crippen molar-refractivity contribution in [3.8, 4) is 12.3 Å². The summed E-state index contributed by atoms with van der Waals surface area (Å²) in [7, 11) is 0. The molecule has 0 heterocycles. The molecule has 1 amide bonds. The second-order valence-electron chi connectivity index (χ2n) is 16.6. The molecule has 0 aliphatic heterocycles. The topological polar surface area (TPSA) is 75.6 Å². The normalized spacial score (nSPS) is 45.3. The summed E-state index contributed by atoms with van der Waals surface area (Å²) in [5, 5.41) is 13.6. The van der Waals surface area contributed by atoms with Gasteiger partial charge in [-0.3, -0.25) is 9.59 Å². The molecule has 0 unspecified atom stereocenters. The van der Waals surface area contributed by atoms with Crippen molar-refractivity contribution in [2.24, 2.45) is 56.7 Å². The highest BCUT2D eigenvalue weighted by Gasteiger charge is 2.71. The fourth-order valence-corrected chi connectivity index (χ4v) is 12.3. The van der Waals surface area contributed by atoms with Crippen LogP contribution in [0, 0.1) is 69.0 Å². The largest absolute Gasteiger partial charge is 0.465 e. The van der Waals surface area contributed by atoms with Crippen LogP contribution in [0.3, 0.4) is 0 Å². The Hall–Kier alpha value is -1.80. The first kappa shape index (κ1) is 31.6. The van der Waals surface area contributed by atoms with E-state index < -0.39 is 0 Å². The number of amides is 1. The number of hydrogen-bond donors (Lipinski definition) is 2. The molecule has 5 aliphatic rings. The summed E-state index contributed by atoms with van der Waals surface area (Å²) in [6.07, 6.45) is 16.7. The molecule has 5 fully saturated rings. The monoisotopic (exact) mass is 579 g/mol. The number of allylic oxidation sites excluding steroid dienone is 1. The van der Waals surface area contributed by atoms with Gasteiger partial charge in [0.05, 0.1) is 25.7 Å². The predicted octanol–water partition coefficient (Wildman–Crippen LogP) is 7.08. The molecule has 42 heavy (non-hydrogen) atoms. The molecule has 0 spiro atoms. The third kappa shape index (κ3) is 4.69. The third-order valence-corrected chi connectivity index (χ3v) is 14.7. The first-order chi connectivity index (χ1) is 19.7. The number of rotatable bonds is 7. The number of fused-ring (bicyclic) bond motifs is 7. The van der Waals surface area contributed by atoms with Gasteiger partial charge in [-0.2, -0.15) is 0 Å². The summed E-state index contributed by atoms with van der Waals surface area (Å²) in [5.74, 6) is 4.69. The van der Waals surface area contributed by atoms with Crippen molar-refractivity contribution in [2.75, 3.05) is 13.2 Å². The van der Waals surface area contributed by atoms with Gasteiger partial charge in [0.2, 0.25) is 5.91 Å². The van der Waals surface area contributed by atoms with Gasteiger partial charge < -0.3 is 15.2 Å². The molecule has 0 aromatic heterocycles. The van der Waals surface area contributed by atoms with Crippen molar-refractivity contribution in [3.63, 3.8) is 0 Å². The minimum Gasteiger partial charge on any atom is -0.465 e. The molecule has 0 aromatic carbocycles. The van der Waals surface area contributed by atoms with Crippen molar-refractivity contribution in [2.45, 2.75) is 125 Å². The Balaban J connectivity index is 1.38. The molecule has 5 nitrogen and oxygen atoms in total. The first-order valence-electron chi connectivity index (χ1n) is 16.9. The molecule has 0 aromatic rings. The zero-order valence-electron chi connectivity index (χ0n) is 27.3. The van der Waals surface area contributed by atoms with Crippen LogP contribution in [-0.2, 0) is 14.3 Å². The average molecular weight is 580 g/mol. The number of aliphatic hydroxyl groups excluding tert-OH is 1. The second kappa shape index (κ2) is 11.0. The number of hydrogen-bond acceptors (Lipinski definition) is 4. The van der Waals surface area contributed by atoms with Crippen LogP contribution >= 0.6 is 0 Å². The van der Waals surface area contributed by atoms with Gasteiger partial charge in [0.15, 0.2) is 0 Å². The Labute approximate surface area is 255 Å². The molecule has 10 atom stereocenters. The van der Waals surface area contributed by atoms with Crippen LogP contribution in [0.2, 0.25) is 0 Å². The molecule has 0 radical (unpaired) electrons. The van der Waals surface area contributed by atoms with Gasteiger partial charge >= 0.3 is 5.97 Å². The second-order valence-corrected chi connectivity index (χ2v) is 16.6. The fourth-order valence-electron chi connectivity index (χ4n) is 12.3. The first-order valence-corrected chi connectivity index (χ1v) is 16.9. The van der Waals surface area contributed by atoms with E-state index in [4.69, 9.17) is 11.2 Å². The van der Waals surface area contributed by atoms with Gasteiger partial charge in [-0.15, -0.1) is 6.42 Å². The Bertz CT molecular complexity index is 1140.